The first kappa shape index (κ1) is 12.0. The van der Waals surface area contributed by atoms with Gasteiger partial charge in [0.05, 0.1) is 0 Å². The van der Waals surface area contributed by atoms with E-state index in [9.17, 15) is 0 Å². The van der Waals surface area contributed by atoms with Crippen LogP contribution in [0, 0.1) is 5.92 Å². The summed E-state index contributed by atoms with van der Waals surface area (Å²) in [5.41, 5.74) is 0. The molecule has 1 saturated carbocycles. The summed E-state index contributed by atoms with van der Waals surface area (Å²) >= 11 is 0. The normalized spacial score (nSPS) is 29.0. The molecule has 0 aromatic carbocycles. The second-order valence-electron chi connectivity index (χ2n) is 3.86. The molecule has 0 radical (unpaired) electrons. The maximum absolute atomic E-state index is 3.35. The average molecular weight is 171 g/mol. The molecular weight excluding hydrogens is 146 g/mol. The average Bonchev–Trinajstić information content (AvgIpc) is 2.07. The number of rotatable bonds is 1. The largest absolute Gasteiger partial charge is 0.317 e. The van der Waals surface area contributed by atoms with Gasteiger partial charge in [0.2, 0.25) is 0 Å². The van der Waals surface area contributed by atoms with Crippen LogP contribution >= 0.6 is 0 Å². The molecule has 0 saturated heterocycles. The van der Waals surface area contributed by atoms with Gasteiger partial charge in [-0.1, -0.05) is 40.0 Å². The van der Waals surface area contributed by atoms with Gasteiger partial charge in [0.15, 0.2) is 0 Å². The molecule has 0 aromatic rings. The molecule has 1 heteroatoms. The van der Waals surface area contributed by atoms with Gasteiger partial charge in [-0.25, -0.2) is 0 Å². The van der Waals surface area contributed by atoms with Crippen LogP contribution in [-0.4, -0.2) is 13.1 Å². The molecule has 0 aromatic heterocycles. The zero-order valence-electron chi connectivity index (χ0n) is 9.19. The lowest BCUT2D eigenvalue weighted by atomic mass is 9.86. The highest BCUT2D eigenvalue weighted by Crippen LogP contribution is 2.22. The second kappa shape index (κ2) is 7.60. The van der Waals surface area contributed by atoms with Gasteiger partial charge in [0.1, 0.15) is 0 Å². The van der Waals surface area contributed by atoms with Crippen molar-refractivity contribution in [2.45, 2.75) is 58.9 Å². The van der Waals surface area contributed by atoms with Crippen molar-refractivity contribution in [2.75, 3.05) is 7.05 Å². The molecular formula is C11H25N. The predicted octanol–water partition coefficient (Wildman–Crippen LogP) is 3.20. The van der Waals surface area contributed by atoms with Crippen LogP contribution in [0.4, 0.5) is 0 Å². The van der Waals surface area contributed by atoms with Crippen molar-refractivity contribution in [3.05, 3.63) is 0 Å². The van der Waals surface area contributed by atoms with Gasteiger partial charge in [-0.15, -0.1) is 0 Å². The van der Waals surface area contributed by atoms with Crippen molar-refractivity contribution in [2.24, 2.45) is 5.92 Å². The first-order valence-electron chi connectivity index (χ1n) is 5.43. The summed E-state index contributed by atoms with van der Waals surface area (Å²) in [6.07, 6.45) is 6.93. The number of nitrogens with one attached hydrogen (secondary N) is 1. The van der Waals surface area contributed by atoms with E-state index in [0.717, 1.165) is 12.0 Å². The van der Waals surface area contributed by atoms with Crippen LogP contribution in [0.1, 0.15) is 52.9 Å². The Kier molecular flexibility index (Phi) is 7.58. The Morgan fingerprint density at radius 2 is 1.67 bits per heavy atom. The predicted molar refractivity (Wildman–Crippen MR) is 56.4 cm³/mol. The molecule has 1 aliphatic rings. The number of hydrogen-bond acceptors (Lipinski definition) is 1. The first-order valence-corrected chi connectivity index (χ1v) is 5.43. The fourth-order valence-corrected chi connectivity index (χ4v) is 1.75. The van der Waals surface area contributed by atoms with Gasteiger partial charge >= 0.3 is 0 Å². The molecule has 1 rings (SSSR count). The van der Waals surface area contributed by atoms with Gasteiger partial charge in [0.25, 0.3) is 0 Å². The standard InChI is InChI=1S/C8H17N.C3H8/c1-7-5-3-4-6-8(7)9-2;1-3-2/h7-9H,3-6H2,1-2H3;3H2,1-2H3/t7-,8-;/m0./s1. The van der Waals surface area contributed by atoms with Crippen molar-refractivity contribution in [1.82, 2.24) is 5.32 Å². The van der Waals surface area contributed by atoms with E-state index < -0.39 is 0 Å². The second-order valence-corrected chi connectivity index (χ2v) is 3.86. The third-order valence-electron chi connectivity index (χ3n) is 2.48. The van der Waals surface area contributed by atoms with Crippen molar-refractivity contribution in [3.8, 4) is 0 Å². The van der Waals surface area contributed by atoms with E-state index in [2.05, 4.69) is 33.1 Å². The highest BCUT2D eigenvalue weighted by atomic mass is 14.9. The summed E-state index contributed by atoms with van der Waals surface area (Å²) in [7, 11) is 2.08. The molecule has 0 bridgehead atoms. The summed E-state index contributed by atoms with van der Waals surface area (Å²) < 4.78 is 0. The Hall–Kier alpha value is -0.0400. The summed E-state index contributed by atoms with van der Waals surface area (Å²) in [6.45, 7) is 6.60. The highest BCUT2D eigenvalue weighted by Gasteiger charge is 2.18. The lowest BCUT2D eigenvalue weighted by molar-refractivity contribution is 0.294. The van der Waals surface area contributed by atoms with Crippen LogP contribution in [0.5, 0.6) is 0 Å². The van der Waals surface area contributed by atoms with E-state index in [-0.39, 0.29) is 0 Å². The van der Waals surface area contributed by atoms with E-state index in [1.54, 1.807) is 0 Å². The molecule has 74 valence electrons. The maximum atomic E-state index is 3.35. The van der Waals surface area contributed by atoms with E-state index >= 15 is 0 Å². The maximum Gasteiger partial charge on any atom is 0.00896 e. The third kappa shape index (κ3) is 4.76. The van der Waals surface area contributed by atoms with Crippen molar-refractivity contribution >= 4 is 0 Å². The van der Waals surface area contributed by atoms with Gasteiger partial charge in [-0.05, 0) is 25.8 Å². The first-order chi connectivity index (χ1) is 5.76. The Labute approximate surface area is 77.9 Å². The molecule has 0 aliphatic heterocycles. The van der Waals surface area contributed by atoms with Crippen LogP contribution in [0.3, 0.4) is 0 Å². The Morgan fingerprint density at radius 1 is 1.17 bits per heavy atom. The van der Waals surface area contributed by atoms with Crippen molar-refractivity contribution in [3.63, 3.8) is 0 Å². The molecule has 1 nitrogen and oxygen atoms in total. The summed E-state index contributed by atoms with van der Waals surface area (Å²) in [5, 5.41) is 3.35. The fraction of sp³-hybridized carbons (Fsp3) is 1.00. The number of hydrogen-bond donors (Lipinski definition) is 1. The molecule has 0 unspecified atom stereocenters. The highest BCUT2D eigenvalue weighted by molar-refractivity contribution is 4.75. The fourth-order valence-electron chi connectivity index (χ4n) is 1.75. The Morgan fingerprint density at radius 3 is 2.00 bits per heavy atom. The molecule has 1 aliphatic carbocycles. The summed E-state index contributed by atoms with van der Waals surface area (Å²) in [4.78, 5) is 0. The van der Waals surface area contributed by atoms with Crippen LogP contribution in [0.25, 0.3) is 0 Å². The van der Waals surface area contributed by atoms with Crippen LogP contribution in [0.15, 0.2) is 0 Å². The van der Waals surface area contributed by atoms with Gasteiger partial charge in [0, 0.05) is 6.04 Å². The Bertz CT molecular complexity index is 91.0. The Balaban J connectivity index is 0.000000354. The molecule has 0 heterocycles. The minimum absolute atomic E-state index is 0.804. The van der Waals surface area contributed by atoms with E-state index in [1.165, 1.54) is 32.1 Å². The van der Waals surface area contributed by atoms with Crippen molar-refractivity contribution in [1.29, 1.82) is 0 Å². The monoisotopic (exact) mass is 171 g/mol. The lowest BCUT2D eigenvalue weighted by Crippen LogP contribution is -2.34. The van der Waals surface area contributed by atoms with E-state index in [4.69, 9.17) is 0 Å². The topological polar surface area (TPSA) is 12.0 Å². The summed E-state index contributed by atoms with van der Waals surface area (Å²) in [5.74, 6) is 0.906. The molecule has 0 spiro atoms. The molecule has 12 heavy (non-hydrogen) atoms. The van der Waals surface area contributed by atoms with Crippen molar-refractivity contribution < 1.29 is 0 Å². The minimum Gasteiger partial charge on any atom is -0.317 e. The minimum atomic E-state index is 0.804. The smallest absolute Gasteiger partial charge is 0.00896 e. The van der Waals surface area contributed by atoms with Gasteiger partial charge in [-0.3, -0.25) is 0 Å². The van der Waals surface area contributed by atoms with Gasteiger partial charge < -0.3 is 5.32 Å². The van der Waals surface area contributed by atoms with Gasteiger partial charge in [-0.2, -0.15) is 0 Å². The van der Waals surface area contributed by atoms with Crippen LogP contribution in [0.2, 0.25) is 0 Å². The van der Waals surface area contributed by atoms with E-state index in [0.29, 0.717) is 0 Å². The molecule has 0 amide bonds. The zero-order chi connectivity index (χ0) is 9.40. The molecule has 1 fully saturated rings. The third-order valence-corrected chi connectivity index (χ3v) is 2.48. The van der Waals surface area contributed by atoms with Crippen LogP contribution in [-0.2, 0) is 0 Å². The quantitative estimate of drug-likeness (QED) is 0.639. The molecule has 2 atom stereocenters. The lowest BCUT2D eigenvalue weighted by Gasteiger charge is -2.27. The zero-order valence-corrected chi connectivity index (χ0v) is 9.19. The SMILES string of the molecule is CCC.CN[C@H]1CCCC[C@@H]1C. The molecule has 1 N–H and O–H groups in total. The van der Waals surface area contributed by atoms with E-state index in [1.807, 2.05) is 0 Å². The summed E-state index contributed by atoms with van der Waals surface area (Å²) in [6, 6.07) is 0.804. The van der Waals surface area contributed by atoms with Crippen LogP contribution < -0.4 is 5.32 Å².